The van der Waals surface area contributed by atoms with E-state index in [0.29, 0.717) is 5.39 Å². The fourth-order valence-electron chi connectivity index (χ4n) is 1.30. The molecule has 1 heterocycles. The molecular formula is C12H15NO2. The van der Waals surface area contributed by atoms with Crippen LogP contribution < -0.4 is 10.3 Å². The molecule has 1 aromatic heterocycles. The van der Waals surface area contributed by atoms with Gasteiger partial charge in [0.15, 0.2) is 0 Å². The Hall–Kier alpha value is -1.77. The lowest BCUT2D eigenvalue weighted by molar-refractivity contribution is 0.415. The second-order valence-corrected chi connectivity index (χ2v) is 2.76. The van der Waals surface area contributed by atoms with Crippen molar-refractivity contribution >= 4 is 10.8 Å². The first-order chi connectivity index (χ1) is 7.31. The highest BCUT2D eigenvalue weighted by Crippen LogP contribution is 2.16. The minimum absolute atomic E-state index is 0.0693. The number of benzene rings is 1. The van der Waals surface area contributed by atoms with Crippen LogP contribution in [0.15, 0.2) is 35.3 Å². The summed E-state index contributed by atoms with van der Waals surface area (Å²) >= 11 is 0. The zero-order chi connectivity index (χ0) is 11.3. The van der Waals surface area contributed by atoms with Crippen LogP contribution in [0.1, 0.15) is 13.8 Å². The highest BCUT2D eigenvalue weighted by Gasteiger charge is 1.98. The van der Waals surface area contributed by atoms with E-state index in [4.69, 9.17) is 4.74 Å². The molecule has 1 N–H and O–H groups in total. The third kappa shape index (κ3) is 2.37. The van der Waals surface area contributed by atoms with E-state index in [1.54, 1.807) is 25.4 Å². The van der Waals surface area contributed by atoms with Gasteiger partial charge in [-0.3, -0.25) is 4.79 Å². The summed E-state index contributed by atoms with van der Waals surface area (Å²) < 4.78 is 5.05. The Balaban J connectivity index is 0.000000531. The highest BCUT2D eigenvalue weighted by molar-refractivity contribution is 5.82. The maximum atomic E-state index is 11.3. The Morgan fingerprint density at radius 3 is 2.60 bits per heavy atom. The molecule has 0 amide bonds. The Bertz CT molecular complexity index is 488. The molecule has 0 aliphatic carbocycles. The van der Waals surface area contributed by atoms with Crippen molar-refractivity contribution in [3.05, 3.63) is 40.8 Å². The van der Waals surface area contributed by atoms with Gasteiger partial charge in [-0.05, 0) is 29.7 Å². The Morgan fingerprint density at radius 2 is 1.93 bits per heavy atom. The predicted octanol–water partition coefficient (Wildman–Crippen LogP) is 2.56. The summed E-state index contributed by atoms with van der Waals surface area (Å²) in [5.74, 6) is 0.762. The molecule has 0 saturated heterocycles. The molecule has 80 valence electrons. The average molecular weight is 205 g/mol. The summed E-state index contributed by atoms with van der Waals surface area (Å²) in [7, 11) is 1.61. The number of hydrogen-bond donors (Lipinski definition) is 1. The van der Waals surface area contributed by atoms with Crippen LogP contribution in [0.3, 0.4) is 0 Å². The molecule has 1 aromatic carbocycles. The monoisotopic (exact) mass is 205 g/mol. The number of fused-ring (bicyclic) bond motifs is 1. The van der Waals surface area contributed by atoms with Crippen molar-refractivity contribution in [2.24, 2.45) is 0 Å². The Kier molecular flexibility index (Phi) is 3.92. The van der Waals surface area contributed by atoms with Crippen LogP contribution in [0.2, 0.25) is 0 Å². The van der Waals surface area contributed by atoms with Crippen LogP contribution in [0.25, 0.3) is 10.8 Å². The molecule has 3 nitrogen and oxygen atoms in total. The predicted molar refractivity (Wildman–Crippen MR) is 62.5 cm³/mol. The van der Waals surface area contributed by atoms with E-state index in [0.717, 1.165) is 11.1 Å². The van der Waals surface area contributed by atoms with Gasteiger partial charge in [-0.25, -0.2) is 0 Å². The Morgan fingerprint density at radius 1 is 1.20 bits per heavy atom. The summed E-state index contributed by atoms with van der Waals surface area (Å²) in [6, 6.07) is 7.22. The van der Waals surface area contributed by atoms with Gasteiger partial charge in [0.1, 0.15) is 5.75 Å². The third-order valence-corrected chi connectivity index (χ3v) is 1.98. The van der Waals surface area contributed by atoms with Crippen LogP contribution >= 0.6 is 0 Å². The van der Waals surface area contributed by atoms with E-state index < -0.39 is 0 Å². The number of methoxy groups -OCH3 is 1. The second-order valence-electron chi connectivity index (χ2n) is 2.76. The van der Waals surface area contributed by atoms with E-state index in [2.05, 4.69) is 4.98 Å². The van der Waals surface area contributed by atoms with Crippen molar-refractivity contribution in [2.45, 2.75) is 13.8 Å². The molecule has 0 fully saturated rings. The van der Waals surface area contributed by atoms with E-state index in [1.807, 2.05) is 26.0 Å². The van der Waals surface area contributed by atoms with E-state index >= 15 is 0 Å². The van der Waals surface area contributed by atoms with Gasteiger partial charge in [0.2, 0.25) is 0 Å². The quantitative estimate of drug-likeness (QED) is 0.777. The first-order valence-electron chi connectivity index (χ1n) is 4.97. The standard InChI is InChI=1S/C10H9NO2.C2H6/c1-13-8-2-3-9-7(6-8)4-5-11-10(9)12;1-2/h2-6H,1H3,(H,11,12);1-2H3. The number of rotatable bonds is 1. The summed E-state index contributed by atoms with van der Waals surface area (Å²) in [4.78, 5) is 13.9. The number of ether oxygens (including phenoxy) is 1. The van der Waals surface area contributed by atoms with E-state index in [9.17, 15) is 4.79 Å². The molecule has 2 aromatic rings. The molecule has 0 spiro atoms. The van der Waals surface area contributed by atoms with Crippen LogP contribution in [0.5, 0.6) is 5.75 Å². The molecule has 0 aliphatic rings. The van der Waals surface area contributed by atoms with E-state index in [-0.39, 0.29) is 5.56 Å². The van der Waals surface area contributed by atoms with Crippen LogP contribution in [0, 0.1) is 0 Å². The fraction of sp³-hybridized carbons (Fsp3) is 0.250. The number of H-pyrrole nitrogens is 1. The largest absolute Gasteiger partial charge is 0.497 e. The third-order valence-electron chi connectivity index (χ3n) is 1.98. The van der Waals surface area contributed by atoms with Gasteiger partial charge in [0.25, 0.3) is 5.56 Å². The van der Waals surface area contributed by atoms with Crippen molar-refractivity contribution in [3.8, 4) is 5.75 Å². The molecule has 15 heavy (non-hydrogen) atoms. The van der Waals surface area contributed by atoms with E-state index in [1.165, 1.54) is 0 Å². The van der Waals surface area contributed by atoms with Crippen molar-refractivity contribution in [1.29, 1.82) is 0 Å². The first kappa shape index (κ1) is 11.3. The average Bonchev–Trinajstić information content (AvgIpc) is 2.31. The molecule has 0 atom stereocenters. The first-order valence-corrected chi connectivity index (χ1v) is 4.97. The second kappa shape index (κ2) is 5.20. The molecule has 3 heteroatoms. The number of nitrogens with one attached hydrogen (secondary N) is 1. The number of aromatic amines is 1. The summed E-state index contributed by atoms with van der Waals surface area (Å²) in [5.41, 5.74) is -0.0693. The van der Waals surface area contributed by atoms with Gasteiger partial charge in [-0.1, -0.05) is 13.8 Å². The molecule has 0 unspecified atom stereocenters. The van der Waals surface area contributed by atoms with Crippen molar-refractivity contribution in [1.82, 2.24) is 4.98 Å². The number of aromatic nitrogens is 1. The minimum atomic E-state index is -0.0693. The lowest BCUT2D eigenvalue weighted by Crippen LogP contribution is -2.03. The normalized spacial score (nSPS) is 9.27. The smallest absolute Gasteiger partial charge is 0.255 e. The van der Waals surface area contributed by atoms with Crippen LogP contribution in [-0.4, -0.2) is 12.1 Å². The fourth-order valence-corrected chi connectivity index (χ4v) is 1.30. The zero-order valence-electron chi connectivity index (χ0n) is 9.20. The van der Waals surface area contributed by atoms with Gasteiger partial charge in [0, 0.05) is 11.6 Å². The zero-order valence-corrected chi connectivity index (χ0v) is 9.20. The molecule has 0 aliphatic heterocycles. The number of hydrogen-bond acceptors (Lipinski definition) is 2. The lowest BCUT2D eigenvalue weighted by Gasteiger charge is -2.00. The van der Waals surface area contributed by atoms with Crippen molar-refractivity contribution < 1.29 is 4.74 Å². The molecule has 0 bridgehead atoms. The van der Waals surface area contributed by atoms with Crippen LogP contribution in [0.4, 0.5) is 0 Å². The summed E-state index contributed by atoms with van der Waals surface area (Å²) in [6.07, 6.45) is 1.63. The molecular weight excluding hydrogens is 190 g/mol. The highest BCUT2D eigenvalue weighted by atomic mass is 16.5. The van der Waals surface area contributed by atoms with Gasteiger partial charge >= 0.3 is 0 Å². The molecule has 0 radical (unpaired) electrons. The lowest BCUT2D eigenvalue weighted by atomic mass is 10.2. The van der Waals surface area contributed by atoms with Crippen LogP contribution in [-0.2, 0) is 0 Å². The summed E-state index contributed by atoms with van der Waals surface area (Å²) in [5, 5.41) is 1.58. The number of pyridine rings is 1. The van der Waals surface area contributed by atoms with Crippen molar-refractivity contribution in [2.75, 3.05) is 7.11 Å². The summed E-state index contributed by atoms with van der Waals surface area (Å²) in [6.45, 7) is 4.00. The SMILES string of the molecule is CC.COc1ccc2c(=O)[nH]ccc2c1. The van der Waals surface area contributed by atoms with Gasteiger partial charge in [-0.15, -0.1) is 0 Å². The molecule has 0 saturated carbocycles. The van der Waals surface area contributed by atoms with Gasteiger partial charge in [-0.2, -0.15) is 0 Å². The van der Waals surface area contributed by atoms with Crippen molar-refractivity contribution in [3.63, 3.8) is 0 Å². The minimum Gasteiger partial charge on any atom is -0.497 e. The maximum Gasteiger partial charge on any atom is 0.255 e. The molecule has 2 rings (SSSR count). The van der Waals surface area contributed by atoms with Gasteiger partial charge in [0.05, 0.1) is 7.11 Å². The topological polar surface area (TPSA) is 42.1 Å². The maximum absolute atomic E-state index is 11.3. The van der Waals surface area contributed by atoms with Gasteiger partial charge < -0.3 is 9.72 Å². The Labute approximate surface area is 88.7 Å².